The summed E-state index contributed by atoms with van der Waals surface area (Å²) in [7, 11) is 0. The number of carbonyl (C=O) groups excluding carboxylic acids is 1. The first-order chi connectivity index (χ1) is 16.7. The summed E-state index contributed by atoms with van der Waals surface area (Å²) in [4.78, 5) is 24.3. The molecule has 1 aromatic carbocycles. The third kappa shape index (κ3) is 3.79. The molecule has 7 nitrogen and oxygen atoms in total. The Bertz CT molecular complexity index is 1080. The Labute approximate surface area is 209 Å². The summed E-state index contributed by atoms with van der Waals surface area (Å²) in [5, 5.41) is 9.99. The highest BCUT2D eigenvalue weighted by Gasteiger charge is 2.86. The summed E-state index contributed by atoms with van der Waals surface area (Å²) < 4.78 is 0. The Morgan fingerprint density at radius 3 is 2.49 bits per heavy atom. The van der Waals surface area contributed by atoms with Gasteiger partial charge in [0.25, 0.3) is 5.91 Å². The van der Waals surface area contributed by atoms with Gasteiger partial charge in [0.1, 0.15) is 5.69 Å². The van der Waals surface area contributed by atoms with Crippen LogP contribution in [0, 0.1) is 22.2 Å². The maximum atomic E-state index is 13.1. The van der Waals surface area contributed by atoms with Gasteiger partial charge in [-0.05, 0) is 84.8 Å². The molecule has 1 spiro atoms. The van der Waals surface area contributed by atoms with Crippen LogP contribution in [-0.2, 0) is 0 Å². The van der Waals surface area contributed by atoms with Crippen molar-refractivity contribution in [3.8, 4) is 0 Å². The summed E-state index contributed by atoms with van der Waals surface area (Å²) in [5.41, 5.74) is 3.44. The molecule has 5 rings (SSSR count). The molecule has 3 aliphatic carbocycles. The number of hydrogen-bond donors (Lipinski definition) is 3. The van der Waals surface area contributed by atoms with E-state index in [2.05, 4.69) is 65.4 Å². The van der Waals surface area contributed by atoms with Gasteiger partial charge in [0.2, 0.25) is 5.95 Å². The highest BCUT2D eigenvalue weighted by molar-refractivity contribution is 5.93. The second-order valence-corrected chi connectivity index (χ2v) is 11.4. The second kappa shape index (κ2) is 8.77. The van der Waals surface area contributed by atoms with E-state index in [0.29, 0.717) is 22.5 Å². The van der Waals surface area contributed by atoms with Crippen LogP contribution >= 0.6 is 0 Å². The summed E-state index contributed by atoms with van der Waals surface area (Å²) in [6.07, 6.45) is 5.25. The van der Waals surface area contributed by atoms with Crippen molar-refractivity contribution in [2.24, 2.45) is 22.2 Å². The van der Waals surface area contributed by atoms with Gasteiger partial charge in [-0.3, -0.25) is 4.79 Å². The summed E-state index contributed by atoms with van der Waals surface area (Å²) in [5.74, 6) is 1.15. The molecule has 3 N–H and O–H groups in total. The molecule has 0 aliphatic heterocycles. The minimum atomic E-state index is -0.105. The number of benzene rings is 1. The lowest BCUT2D eigenvalue weighted by Gasteiger charge is -2.56. The van der Waals surface area contributed by atoms with Gasteiger partial charge in [-0.25, -0.2) is 9.97 Å². The molecule has 0 bridgehead atoms. The second-order valence-electron chi connectivity index (χ2n) is 11.4. The largest absolute Gasteiger partial charge is 0.384 e. The quantitative estimate of drug-likeness (QED) is 0.452. The molecule has 2 aromatic rings. The average molecular weight is 477 g/mol. The Morgan fingerprint density at radius 2 is 1.80 bits per heavy atom. The minimum Gasteiger partial charge on any atom is -0.384 e. The van der Waals surface area contributed by atoms with E-state index in [1.165, 1.54) is 12.8 Å². The maximum Gasteiger partial charge on any atom is 0.270 e. The van der Waals surface area contributed by atoms with Crippen molar-refractivity contribution in [1.82, 2.24) is 20.2 Å². The fourth-order valence-electron chi connectivity index (χ4n) is 7.60. The van der Waals surface area contributed by atoms with Crippen LogP contribution in [0.25, 0.3) is 0 Å². The smallest absolute Gasteiger partial charge is 0.270 e. The molecule has 4 unspecified atom stereocenters. The lowest BCUT2D eigenvalue weighted by atomic mass is 9.52. The molecule has 3 saturated carbocycles. The van der Waals surface area contributed by atoms with Crippen molar-refractivity contribution >= 4 is 23.2 Å². The molecule has 1 amide bonds. The number of nitrogens with one attached hydrogen (secondary N) is 3. The van der Waals surface area contributed by atoms with Gasteiger partial charge in [0.15, 0.2) is 0 Å². The van der Waals surface area contributed by atoms with Gasteiger partial charge < -0.3 is 20.9 Å². The molecule has 0 saturated heterocycles. The first-order valence-electron chi connectivity index (χ1n) is 13.2. The van der Waals surface area contributed by atoms with Gasteiger partial charge in [-0.15, -0.1) is 0 Å². The van der Waals surface area contributed by atoms with E-state index in [-0.39, 0.29) is 17.4 Å². The van der Waals surface area contributed by atoms with Crippen molar-refractivity contribution in [1.29, 1.82) is 0 Å². The monoisotopic (exact) mass is 476 g/mol. The molecule has 7 heteroatoms. The molecule has 4 atom stereocenters. The van der Waals surface area contributed by atoms with Crippen LogP contribution in [0.1, 0.15) is 64.4 Å². The third-order valence-corrected chi connectivity index (χ3v) is 9.79. The van der Waals surface area contributed by atoms with Crippen LogP contribution in [0.4, 0.5) is 17.3 Å². The topological polar surface area (TPSA) is 82.2 Å². The standard InChI is InChI=1S/C28H40N6O/c1-6-34(7-2)17-16-29-19-8-10-20(11-9-19)31-25-30-15-13-21(32-25)24(35)33-23-18-28-22(26(28,3)4)12-14-27(23,28)5/h8-11,13,15,22-23,29H,6-7,12,14,16-18H2,1-5H3,(H,33,35)(H,30,31,32). The first-order valence-corrected chi connectivity index (χ1v) is 13.2. The maximum absolute atomic E-state index is 13.1. The Hall–Kier alpha value is -2.67. The summed E-state index contributed by atoms with van der Waals surface area (Å²) >= 11 is 0. The summed E-state index contributed by atoms with van der Waals surface area (Å²) in [6.45, 7) is 15.6. The predicted molar refractivity (Wildman–Crippen MR) is 141 cm³/mol. The van der Waals surface area contributed by atoms with Crippen LogP contribution in [0.3, 0.4) is 0 Å². The number of likely N-dealkylation sites (N-methyl/N-ethyl adjacent to an activating group) is 1. The Morgan fingerprint density at radius 1 is 1.09 bits per heavy atom. The number of anilines is 3. The van der Waals surface area contributed by atoms with Crippen molar-refractivity contribution in [2.45, 2.75) is 59.9 Å². The number of amides is 1. The van der Waals surface area contributed by atoms with Crippen LogP contribution < -0.4 is 16.0 Å². The normalized spacial score (nSPS) is 29.7. The Kier molecular flexibility index (Phi) is 6.02. The zero-order valence-electron chi connectivity index (χ0n) is 21.8. The molecule has 0 radical (unpaired) electrons. The molecular weight excluding hydrogens is 436 g/mol. The highest BCUT2D eigenvalue weighted by Crippen LogP contribution is 2.90. The van der Waals surface area contributed by atoms with Gasteiger partial charge in [-0.2, -0.15) is 0 Å². The van der Waals surface area contributed by atoms with E-state index < -0.39 is 0 Å². The number of aromatic nitrogens is 2. The molecular formula is C28H40N6O. The van der Waals surface area contributed by atoms with Crippen molar-refractivity contribution < 1.29 is 4.79 Å². The van der Waals surface area contributed by atoms with Gasteiger partial charge in [0.05, 0.1) is 0 Å². The van der Waals surface area contributed by atoms with E-state index in [4.69, 9.17) is 0 Å². The molecule has 3 aliphatic rings. The van der Waals surface area contributed by atoms with Crippen molar-refractivity contribution in [3.63, 3.8) is 0 Å². The fourth-order valence-corrected chi connectivity index (χ4v) is 7.60. The van der Waals surface area contributed by atoms with Gasteiger partial charge >= 0.3 is 0 Å². The first kappa shape index (κ1) is 24.0. The van der Waals surface area contributed by atoms with Crippen LogP contribution in [-0.4, -0.2) is 53.0 Å². The van der Waals surface area contributed by atoms with E-state index in [9.17, 15) is 4.79 Å². The lowest BCUT2D eigenvalue weighted by Crippen LogP contribution is -2.61. The van der Waals surface area contributed by atoms with Crippen molar-refractivity contribution in [3.05, 3.63) is 42.2 Å². The molecule has 35 heavy (non-hydrogen) atoms. The summed E-state index contributed by atoms with van der Waals surface area (Å²) in [6, 6.07) is 10.0. The van der Waals surface area contributed by atoms with E-state index >= 15 is 0 Å². The van der Waals surface area contributed by atoms with E-state index in [1.54, 1.807) is 12.3 Å². The van der Waals surface area contributed by atoms with Crippen molar-refractivity contribution in [2.75, 3.05) is 36.8 Å². The number of carbonyl (C=O) groups is 1. The van der Waals surface area contributed by atoms with Crippen LogP contribution in [0.15, 0.2) is 36.5 Å². The van der Waals surface area contributed by atoms with E-state index in [1.807, 2.05) is 24.3 Å². The molecule has 3 fully saturated rings. The average Bonchev–Trinajstić information content (AvgIpc) is 3.25. The molecule has 188 valence electrons. The van der Waals surface area contributed by atoms with Crippen LogP contribution in [0.5, 0.6) is 0 Å². The van der Waals surface area contributed by atoms with Gasteiger partial charge in [0, 0.05) is 36.7 Å². The minimum absolute atomic E-state index is 0.105. The predicted octanol–water partition coefficient (Wildman–Crippen LogP) is 4.92. The Balaban J connectivity index is 1.16. The number of nitrogens with zero attached hydrogens (tertiary/aromatic N) is 3. The molecule has 1 aromatic heterocycles. The SMILES string of the molecule is CCN(CC)CCNc1ccc(Nc2nccc(C(=O)NC3CC45C(CCC34C)C5(C)C)n2)cc1. The third-order valence-electron chi connectivity index (χ3n) is 9.79. The number of hydrogen-bond acceptors (Lipinski definition) is 6. The van der Waals surface area contributed by atoms with Crippen LogP contribution in [0.2, 0.25) is 0 Å². The zero-order valence-corrected chi connectivity index (χ0v) is 21.8. The fraction of sp³-hybridized carbons (Fsp3) is 0.607. The zero-order chi connectivity index (χ0) is 24.8. The highest BCUT2D eigenvalue weighted by atomic mass is 16.2. The number of rotatable bonds is 10. The van der Waals surface area contributed by atoms with E-state index in [0.717, 1.165) is 49.9 Å². The van der Waals surface area contributed by atoms with Gasteiger partial charge in [-0.1, -0.05) is 34.6 Å². The molecule has 1 heterocycles. The lowest BCUT2D eigenvalue weighted by molar-refractivity contribution is -0.0390.